The number of aryl methyl sites for hydroxylation is 1. The van der Waals surface area contributed by atoms with Gasteiger partial charge in [-0.2, -0.15) is 0 Å². The first-order valence-electron chi connectivity index (χ1n) is 8.00. The SMILES string of the molecule is Cc1ccc(Cl)c(OCC(=O)OC(C)c2nnc(-c3ccccc3)o2)c1. The molecule has 3 rings (SSSR count). The van der Waals surface area contributed by atoms with E-state index in [2.05, 4.69) is 10.2 Å². The zero-order chi connectivity index (χ0) is 18.5. The van der Waals surface area contributed by atoms with Gasteiger partial charge >= 0.3 is 5.97 Å². The van der Waals surface area contributed by atoms with Gasteiger partial charge in [-0.05, 0) is 43.7 Å². The van der Waals surface area contributed by atoms with Crippen molar-refractivity contribution in [3.05, 3.63) is 65.0 Å². The summed E-state index contributed by atoms with van der Waals surface area (Å²) in [6, 6.07) is 14.7. The molecule has 0 saturated heterocycles. The Bertz CT molecular complexity index is 896. The molecule has 0 aliphatic heterocycles. The van der Waals surface area contributed by atoms with Crippen LogP contribution in [0.15, 0.2) is 52.9 Å². The minimum Gasteiger partial charge on any atom is -0.480 e. The molecule has 0 N–H and O–H groups in total. The third-order valence-electron chi connectivity index (χ3n) is 3.55. The summed E-state index contributed by atoms with van der Waals surface area (Å²) in [5.74, 6) is 0.451. The van der Waals surface area contributed by atoms with Crippen molar-refractivity contribution in [2.75, 3.05) is 6.61 Å². The summed E-state index contributed by atoms with van der Waals surface area (Å²) in [5.41, 5.74) is 1.77. The summed E-state index contributed by atoms with van der Waals surface area (Å²) in [5, 5.41) is 8.34. The average molecular weight is 373 g/mol. The molecule has 0 aliphatic carbocycles. The van der Waals surface area contributed by atoms with Gasteiger partial charge in [-0.15, -0.1) is 10.2 Å². The van der Waals surface area contributed by atoms with E-state index in [0.29, 0.717) is 16.7 Å². The molecule has 1 unspecified atom stereocenters. The molecule has 0 aliphatic rings. The van der Waals surface area contributed by atoms with E-state index in [1.165, 1.54) is 0 Å². The molecule has 0 amide bonds. The Morgan fingerprint density at radius 2 is 1.96 bits per heavy atom. The van der Waals surface area contributed by atoms with Gasteiger partial charge in [0, 0.05) is 5.56 Å². The van der Waals surface area contributed by atoms with Crippen molar-refractivity contribution in [2.24, 2.45) is 0 Å². The highest BCUT2D eigenvalue weighted by atomic mass is 35.5. The van der Waals surface area contributed by atoms with E-state index in [1.54, 1.807) is 19.1 Å². The number of hydrogen-bond donors (Lipinski definition) is 0. The Kier molecular flexibility index (Phi) is 5.53. The van der Waals surface area contributed by atoms with Crippen LogP contribution < -0.4 is 4.74 Å². The second-order valence-electron chi connectivity index (χ2n) is 5.67. The quantitative estimate of drug-likeness (QED) is 0.598. The average Bonchev–Trinajstić information content (AvgIpc) is 3.13. The van der Waals surface area contributed by atoms with Crippen molar-refractivity contribution < 1.29 is 18.7 Å². The van der Waals surface area contributed by atoms with Crippen molar-refractivity contribution in [2.45, 2.75) is 20.0 Å². The normalized spacial score (nSPS) is 11.8. The van der Waals surface area contributed by atoms with Gasteiger partial charge < -0.3 is 13.9 Å². The van der Waals surface area contributed by atoms with Gasteiger partial charge in [-0.25, -0.2) is 4.79 Å². The summed E-state index contributed by atoms with van der Waals surface area (Å²) in [6.07, 6.45) is -0.691. The maximum absolute atomic E-state index is 12.0. The Morgan fingerprint density at radius 3 is 2.73 bits per heavy atom. The van der Waals surface area contributed by atoms with Crippen LogP contribution in [0.5, 0.6) is 5.75 Å². The molecule has 0 saturated carbocycles. The molecule has 26 heavy (non-hydrogen) atoms. The highest BCUT2D eigenvalue weighted by molar-refractivity contribution is 6.32. The minimum atomic E-state index is -0.691. The molecular weight excluding hydrogens is 356 g/mol. The van der Waals surface area contributed by atoms with E-state index in [0.717, 1.165) is 11.1 Å². The minimum absolute atomic E-state index is 0.214. The molecule has 0 fully saturated rings. The maximum atomic E-state index is 12.0. The monoisotopic (exact) mass is 372 g/mol. The van der Waals surface area contributed by atoms with Crippen LogP contribution >= 0.6 is 11.6 Å². The molecule has 6 nitrogen and oxygen atoms in total. The first kappa shape index (κ1) is 17.9. The van der Waals surface area contributed by atoms with Gasteiger partial charge in [0.15, 0.2) is 12.7 Å². The van der Waals surface area contributed by atoms with Gasteiger partial charge in [0.2, 0.25) is 5.89 Å². The number of benzene rings is 2. The smallest absolute Gasteiger partial charge is 0.344 e. The summed E-state index contributed by atoms with van der Waals surface area (Å²) < 4.78 is 16.3. The van der Waals surface area contributed by atoms with Crippen LogP contribution in [-0.2, 0) is 9.53 Å². The van der Waals surface area contributed by atoms with Crippen molar-refractivity contribution in [1.82, 2.24) is 10.2 Å². The fourth-order valence-electron chi connectivity index (χ4n) is 2.24. The van der Waals surface area contributed by atoms with Crippen LogP contribution in [-0.4, -0.2) is 22.8 Å². The van der Waals surface area contributed by atoms with Crippen LogP contribution in [0.3, 0.4) is 0 Å². The van der Waals surface area contributed by atoms with E-state index in [4.69, 9.17) is 25.5 Å². The summed E-state index contributed by atoms with van der Waals surface area (Å²) in [6.45, 7) is 3.29. The first-order valence-corrected chi connectivity index (χ1v) is 8.38. The topological polar surface area (TPSA) is 74.5 Å². The lowest BCUT2D eigenvalue weighted by molar-refractivity contribution is -0.152. The van der Waals surface area contributed by atoms with Gasteiger partial charge in [0.05, 0.1) is 5.02 Å². The second-order valence-corrected chi connectivity index (χ2v) is 6.07. The summed E-state index contributed by atoms with van der Waals surface area (Å²) >= 11 is 6.03. The van der Waals surface area contributed by atoms with E-state index < -0.39 is 12.1 Å². The van der Waals surface area contributed by atoms with Gasteiger partial charge in [-0.3, -0.25) is 0 Å². The van der Waals surface area contributed by atoms with Crippen LogP contribution in [0, 0.1) is 6.92 Å². The lowest BCUT2D eigenvalue weighted by atomic mass is 10.2. The van der Waals surface area contributed by atoms with Crippen LogP contribution in [0.2, 0.25) is 5.02 Å². The highest BCUT2D eigenvalue weighted by Gasteiger charge is 2.19. The van der Waals surface area contributed by atoms with Crippen LogP contribution in [0.1, 0.15) is 24.5 Å². The number of esters is 1. The number of halogens is 1. The predicted octanol–water partition coefficient (Wildman–Crippen LogP) is 4.38. The van der Waals surface area contributed by atoms with Crippen molar-refractivity contribution >= 4 is 17.6 Å². The molecule has 0 spiro atoms. The number of carbonyl (C=O) groups excluding carboxylic acids is 1. The number of nitrogens with zero attached hydrogens (tertiary/aromatic N) is 2. The number of hydrogen-bond acceptors (Lipinski definition) is 6. The largest absolute Gasteiger partial charge is 0.480 e. The predicted molar refractivity (Wildman–Crippen MR) is 95.9 cm³/mol. The number of carbonyl (C=O) groups is 1. The maximum Gasteiger partial charge on any atom is 0.344 e. The van der Waals surface area contributed by atoms with E-state index in [-0.39, 0.29) is 12.5 Å². The third-order valence-corrected chi connectivity index (χ3v) is 3.86. The fourth-order valence-corrected chi connectivity index (χ4v) is 2.41. The lowest BCUT2D eigenvalue weighted by Crippen LogP contribution is -2.17. The fraction of sp³-hybridized carbons (Fsp3) is 0.211. The Hall–Kier alpha value is -2.86. The first-order chi connectivity index (χ1) is 12.5. The molecule has 0 bridgehead atoms. The standard InChI is InChI=1S/C19H17ClN2O4/c1-12-8-9-15(20)16(10-12)24-11-17(23)25-13(2)18-21-22-19(26-18)14-6-4-3-5-7-14/h3-10,13H,11H2,1-2H3. The van der Waals surface area contributed by atoms with Gasteiger partial charge in [0.25, 0.3) is 5.89 Å². The van der Waals surface area contributed by atoms with Crippen LogP contribution in [0.4, 0.5) is 0 Å². The number of aromatic nitrogens is 2. The van der Waals surface area contributed by atoms with E-state index in [9.17, 15) is 4.79 Å². The van der Waals surface area contributed by atoms with Crippen molar-refractivity contribution in [3.8, 4) is 17.2 Å². The van der Waals surface area contributed by atoms with E-state index >= 15 is 0 Å². The molecule has 1 aromatic heterocycles. The van der Waals surface area contributed by atoms with Gasteiger partial charge in [0.1, 0.15) is 5.75 Å². The highest BCUT2D eigenvalue weighted by Crippen LogP contribution is 2.26. The summed E-state index contributed by atoms with van der Waals surface area (Å²) in [7, 11) is 0. The molecular formula is C19H17ClN2O4. The molecule has 134 valence electrons. The van der Waals surface area contributed by atoms with Crippen molar-refractivity contribution in [3.63, 3.8) is 0 Å². The number of ether oxygens (including phenoxy) is 2. The Balaban J connectivity index is 1.58. The second kappa shape index (κ2) is 8.01. The lowest BCUT2D eigenvalue weighted by Gasteiger charge is -2.11. The summed E-state index contributed by atoms with van der Waals surface area (Å²) in [4.78, 5) is 12.0. The zero-order valence-corrected chi connectivity index (χ0v) is 15.1. The molecule has 2 aromatic carbocycles. The van der Waals surface area contributed by atoms with Gasteiger partial charge in [-0.1, -0.05) is 35.9 Å². The van der Waals surface area contributed by atoms with E-state index in [1.807, 2.05) is 43.3 Å². The molecule has 1 heterocycles. The van der Waals surface area contributed by atoms with Crippen molar-refractivity contribution in [1.29, 1.82) is 0 Å². The zero-order valence-electron chi connectivity index (χ0n) is 14.3. The molecule has 3 aromatic rings. The third kappa shape index (κ3) is 4.40. The molecule has 1 atom stereocenters. The Morgan fingerprint density at radius 1 is 1.19 bits per heavy atom. The Labute approximate surface area is 155 Å². The molecule has 0 radical (unpaired) electrons. The molecule has 7 heteroatoms. The van der Waals surface area contributed by atoms with Crippen LogP contribution in [0.25, 0.3) is 11.5 Å². The number of rotatable bonds is 6.